The lowest BCUT2D eigenvalue weighted by atomic mass is 10.1. The van der Waals surface area contributed by atoms with Crippen LogP contribution < -0.4 is 5.32 Å². The Hall–Kier alpha value is -2.14. The molecule has 1 aromatic heterocycles. The summed E-state index contributed by atoms with van der Waals surface area (Å²) in [7, 11) is 0. The summed E-state index contributed by atoms with van der Waals surface area (Å²) in [5, 5.41) is 13.0. The third-order valence-electron chi connectivity index (χ3n) is 3.82. The van der Waals surface area contributed by atoms with E-state index in [1.807, 2.05) is 18.2 Å². The second-order valence-electron chi connectivity index (χ2n) is 5.36. The Balaban J connectivity index is 2.05. The summed E-state index contributed by atoms with van der Waals surface area (Å²) in [5.41, 5.74) is 1.07. The highest BCUT2D eigenvalue weighted by molar-refractivity contribution is 6.33. The Morgan fingerprint density at radius 3 is 2.68 bits per heavy atom. The zero-order valence-electron chi connectivity index (χ0n) is 11.9. The van der Waals surface area contributed by atoms with E-state index in [0.29, 0.717) is 28.1 Å². The van der Waals surface area contributed by atoms with Crippen LogP contribution in [-0.2, 0) is 0 Å². The normalized spacial score (nSPS) is 15.0. The van der Waals surface area contributed by atoms with Crippen molar-refractivity contribution in [1.82, 2.24) is 9.97 Å². The van der Waals surface area contributed by atoms with Crippen LogP contribution in [0.4, 0.5) is 5.82 Å². The van der Waals surface area contributed by atoms with Gasteiger partial charge in [0.15, 0.2) is 11.5 Å². The van der Waals surface area contributed by atoms with Crippen LogP contribution in [0.25, 0.3) is 11.3 Å². The summed E-state index contributed by atoms with van der Waals surface area (Å²) in [5.74, 6) is -0.516. The highest BCUT2D eigenvalue weighted by Gasteiger charge is 2.20. The number of hydrogen-bond donors (Lipinski definition) is 2. The average molecular weight is 318 g/mol. The number of halogens is 1. The molecule has 1 aromatic carbocycles. The van der Waals surface area contributed by atoms with Gasteiger partial charge in [-0.2, -0.15) is 0 Å². The fourth-order valence-corrected chi connectivity index (χ4v) is 2.93. The summed E-state index contributed by atoms with van der Waals surface area (Å²) in [6, 6.07) is 7.59. The van der Waals surface area contributed by atoms with E-state index in [0.717, 1.165) is 12.8 Å². The van der Waals surface area contributed by atoms with Gasteiger partial charge in [-0.15, -0.1) is 0 Å². The molecule has 0 aliphatic heterocycles. The predicted octanol–water partition coefficient (Wildman–Crippen LogP) is 3.85. The van der Waals surface area contributed by atoms with Crippen molar-refractivity contribution < 1.29 is 9.90 Å². The van der Waals surface area contributed by atoms with Crippen molar-refractivity contribution in [2.75, 3.05) is 5.32 Å². The number of nitrogens with one attached hydrogen (secondary N) is 1. The summed E-state index contributed by atoms with van der Waals surface area (Å²) in [6.07, 6.45) is 5.84. The van der Waals surface area contributed by atoms with E-state index < -0.39 is 5.97 Å². The van der Waals surface area contributed by atoms with Crippen LogP contribution in [0, 0.1) is 0 Å². The summed E-state index contributed by atoms with van der Waals surface area (Å²) in [4.78, 5) is 19.7. The van der Waals surface area contributed by atoms with Crippen LogP contribution >= 0.6 is 11.6 Å². The second-order valence-corrected chi connectivity index (χ2v) is 5.77. The predicted molar refractivity (Wildman–Crippen MR) is 85.3 cm³/mol. The Kier molecular flexibility index (Phi) is 4.24. The molecule has 3 rings (SSSR count). The maximum atomic E-state index is 11.2. The van der Waals surface area contributed by atoms with Crippen molar-refractivity contribution in [3.63, 3.8) is 0 Å². The molecule has 6 heteroatoms. The number of nitrogens with zero attached hydrogens (tertiary/aromatic N) is 2. The van der Waals surface area contributed by atoms with Gasteiger partial charge in [0.25, 0.3) is 0 Å². The summed E-state index contributed by atoms with van der Waals surface area (Å²) < 4.78 is 0. The monoisotopic (exact) mass is 317 g/mol. The molecule has 0 bridgehead atoms. The molecule has 22 heavy (non-hydrogen) atoms. The van der Waals surface area contributed by atoms with Crippen LogP contribution in [0.15, 0.2) is 30.5 Å². The summed E-state index contributed by atoms with van der Waals surface area (Å²) in [6.45, 7) is 0. The maximum absolute atomic E-state index is 11.2. The fourth-order valence-electron chi connectivity index (χ4n) is 2.70. The SMILES string of the molecule is O=C(O)c1cnc(NC2CCCC2)c(-c2ccccc2Cl)n1. The topological polar surface area (TPSA) is 75.1 Å². The molecule has 1 fully saturated rings. The van der Waals surface area contributed by atoms with Gasteiger partial charge in [0.05, 0.1) is 11.2 Å². The van der Waals surface area contributed by atoms with Gasteiger partial charge in [-0.05, 0) is 18.9 Å². The van der Waals surface area contributed by atoms with Crippen LogP contribution in [0.1, 0.15) is 36.2 Å². The second kappa shape index (κ2) is 6.32. The highest BCUT2D eigenvalue weighted by atomic mass is 35.5. The van der Waals surface area contributed by atoms with E-state index in [-0.39, 0.29) is 5.69 Å². The van der Waals surface area contributed by atoms with Crippen LogP contribution in [0.2, 0.25) is 5.02 Å². The van der Waals surface area contributed by atoms with Crippen molar-refractivity contribution in [3.8, 4) is 11.3 Å². The molecule has 5 nitrogen and oxygen atoms in total. The van der Waals surface area contributed by atoms with E-state index in [2.05, 4.69) is 15.3 Å². The van der Waals surface area contributed by atoms with Crippen molar-refractivity contribution in [1.29, 1.82) is 0 Å². The zero-order valence-corrected chi connectivity index (χ0v) is 12.7. The van der Waals surface area contributed by atoms with Gasteiger partial charge in [-0.25, -0.2) is 14.8 Å². The van der Waals surface area contributed by atoms with E-state index >= 15 is 0 Å². The van der Waals surface area contributed by atoms with E-state index in [1.165, 1.54) is 19.0 Å². The molecule has 2 aromatic rings. The molecular weight excluding hydrogens is 302 g/mol. The first-order chi connectivity index (χ1) is 10.6. The Morgan fingerprint density at radius 1 is 1.27 bits per heavy atom. The number of aromatic nitrogens is 2. The number of hydrogen-bond acceptors (Lipinski definition) is 4. The lowest BCUT2D eigenvalue weighted by molar-refractivity contribution is 0.0690. The molecule has 0 saturated heterocycles. The zero-order chi connectivity index (χ0) is 15.5. The third kappa shape index (κ3) is 3.04. The van der Waals surface area contributed by atoms with E-state index in [1.54, 1.807) is 6.07 Å². The van der Waals surface area contributed by atoms with Gasteiger partial charge < -0.3 is 10.4 Å². The molecule has 0 spiro atoms. The lowest BCUT2D eigenvalue weighted by Gasteiger charge is -2.16. The van der Waals surface area contributed by atoms with Crippen LogP contribution in [-0.4, -0.2) is 27.1 Å². The minimum absolute atomic E-state index is 0.0908. The number of carboxylic acids is 1. The molecule has 1 heterocycles. The van der Waals surface area contributed by atoms with Gasteiger partial charge >= 0.3 is 5.97 Å². The average Bonchev–Trinajstić information content (AvgIpc) is 3.01. The number of carbonyl (C=O) groups is 1. The van der Waals surface area contributed by atoms with E-state index in [4.69, 9.17) is 16.7 Å². The molecule has 114 valence electrons. The molecule has 1 saturated carbocycles. The fraction of sp³-hybridized carbons (Fsp3) is 0.312. The highest BCUT2D eigenvalue weighted by Crippen LogP contribution is 2.32. The molecule has 0 unspecified atom stereocenters. The minimum Gasteiger partial charge on any atom is -0.476 e. The van der Waals surface area contributed by atoms with Gasteiger partial charge in [-0.1, -0.05) is 42.6 Å². The number of carboxylic acid groups (broad SMARTS) is 1. The van der Waals surface area contributed by atoms with Crippen molar-refractivity contribution in [2.45, 2.75) is 31.7 Å². The van der Waals surface area contributed by atoms with Gasteiger partial charge in [0.1, 0.15) is 5.69 Å². The Morgan fingerprint density at radius 2 is 2.00 bits per heavy atom. The standard InChI is InChI=1S/C16H16ClN3O2/c17-12-8-4-3-7-11(12)14-15(19-10-5-1-2-6-10)18-9-13(20-14)16(21)22/h3-4,7-10H,1-2,5-6H2,(H,18,19)(H,21,22). The van der Waals surface area contributed by atoms with Gasteiger partial charge in [-0.3, -0.25) is 0 Å². The quantitative estimate of drug-likeness (QED) is 0.895. The largest absolute Gasteiger partial charge is 0.476 e. The van der Waals surface area contributed by atoms with Crippen LogP contribution in [0.5, 0.6) is 0 Å². The minimum atomic E-state index is -1.10. The van der Waals surface area contributed by atoms with Crippen molar-refractivity contribution >= 4 is 23.4 Å². The summed E-state index contributed by atoms with van der Waals surface area (Å²) >= 11 is 6.24. The first-order valence-electron chi connectivity index (χ1n) is 7.27. The number of rotatable bonds is 4. The molecule has 1 aliphatic carbocycles. The number of benzene rings is 1. The molecular formula is C16H16ClN3O2. The molecule has 2 N–H and O–H groups in total. The smallest absolute Gasteiger partial charge is 0.356 e. The first-order valence-corrected chi connectivity index (χ1v) is 7.64. The Bertz CT molecular complexity index is 700. The lowest BCUT2D eigenvalue weighted by Crippen LogP contribution is -2.17. The molecule has 0 amide bonds. The van der Waals surface area contributed by atoms with Crippen molar-refractivity contribution in [3.05, 3.63) is 41.2 Å². The first kappa shape index (κ1) is 14.8. The molecule has 0 radical (unpaired) electrons. The maximum Gasteiger partial charge on any atom is 0.356 e. The van der Waals surface area contributed by atoms with E-state index in [9.17, 15) is 4.79 Å². The van der Waals surface area contributed by atoms with Gasteiger partial charge in [0, 0.05) is 11.6 Å². The van der Waals surface area contributed by atoms with Crippen LogP contribution in [0.3, 0.4) is 0 Å². The van der Waals surface area contributed by atoms with Crippen molar-refractivity contribution in [2.24, 2.45) is 0 Å². The molecule has 1 aliphatic rings. The third-order valence-corrected chi connectivity index (χ3v) is 4.15. The number of aromatic carboxylic acids is 1. The van der Waals surface area contributed by atoms with Gasteiger partial charge in [0.2, 0.25) is 0 Å². The molecule has 0 atom stereocenters. The Labute approximate surface area is 133 Å². The number of anilines is 1.